The van der Waals surface area contributed by atoms with Gasteiger partial charge in [-0.1, -0.05) is 48.8 Å². The predicted molar refractivity (Wildman–Crippen MR) is 117 cm³/mol. The van der Waals surface area contributed by atoms with Crippen LogP contribution in [-0.4, -0.2) is 37.4 Å². The number of benzene rings is 1. The Balaban J connectivity index is 1.73. The van der Waals surface area contributed by atoms with Crippen LogP contribution in [0.5, 0.6) is 0 Å². The van der Waals surface area contributed by atoms with Crippen molar-refractivity contribution in [1.82, 2.24) is 15.8 Å². The van der Waals surface area contributed by atoms with E-state index >= 15 is 0 Å². The molecule has 0 aliphatic carbocycles. The standard InChI is InChI=1S/C22H31ClN4O2/c1-4-24-21(25-14-17-13-20(16(2)3)27-29-17)26-15-22(9-11-28-12-10-22)18-7-5-6-8-19(18)23/h5-8,13,16H,4,9-12,14-15H2,1-3H3,(H2,24,25,26). The molecule has 2 aromatic rings. The molecule has 1 aliphatic rings. The van der Waals surface area contributed by atoms with Gasteiger partial charge < -0.3 is 19.9 Å². The van der Waals surface area contributed by atoms with E-state index < -0.39 is 0 Å². The van der Waals surface area contributed by atoms with Gasteiger partial charge in [0.25, 0.3) is 0 Å². The largest absolute Gasteiger partial charge is 0.381 e. The molecule has 2 N–H and O–H groups in total. The molecule has 0 radical (unpaired) electrons. The zero-order valence-corrected chi connectivity index (χ0v) is 18.3. The predicted octanol–water partition coefficient (Wildman–Crippen LogP) is 4.25. The maximum atomic E-state index is 6.56. The first-order valence-electron chi connectivity index (χ1n) is 10.3. The quantitative estimate of drug-likeness (QED) is 0.519. The minimum atomic E-state index is -0.0795. The summed E-state index contributed by atoms with van der Waals surface area (Å²) in [7, 11) is 0. The third-order valence-electron chi connectivity index (χ3n) is 5.40. The molecule has 0 unspecified atom stereocenters. The third-order valence-corrected chi connectivity index (χ3v) is 5.72. The molecule has 0 bridgehead atoms. The second-order valence-electron chi connectivity index (χ2n) is 7.79. The van der Waals surface area contributed by atoms with E-state index in [0.717, 1.165) is 61.6 Å². The summed E-state index contributed by atoms with van der Waals surface area (Å²) in [6.45, 7) is 9.67. The van der Waals surface area contributed by atoms with Crippen LogP contribution in [0.4, 0.5) is 0 Å². The lowest BCUT2D eigenvalue weighted by molar-refractivity contribution is 0.0514. The molecule has 3 rings (SSSR count). The van der Waals surface area contributed by atoms with Crippen molar-refractivity contribution < 1.29 is 9.26 Å². The fourth-order valence-corrected chi connectivity index (χ4v) is 3.96. The number of aromatic nitrogens is 1. The number of rotatable bonds is 7. The van der Waals surface area contributed by atoms with Gasteiger partial charge in [-0.15, -0.1) is 0 Å². The van der Waals surface area contributed by atoms with Crippen LogP contribution in [0.25, 0.3) is 0 Å². The normalized spacial score (nSPS) is 16.8. The number of guanidine groups is 1. The van der Waals surface area contributed by atoms with E-state index in [4.69, 9.17) is 20.9 Å². The maximum Gasteiger partial charge on any atom is 0.191 e. The number of halogens is 1. The Morgan fingerprint density at radius 1 is 1.24 bits per heavy atom. The number of nitrogens with zero attached hydrogens (tertiary/aromatic N) is 2. The Labute approximate surface area is 178 Å². The topological polar surface area (TPSA) is 71.7 Å². The van der Waals surface area contributed by atoms with Crippen molar-refractivity contribution >= 4 is 17.6 Å². The van der Waals surface area contributed by atoms with E-state index in [0.29, 0.717) is 12.5 Å². The van der Waals surface area contributed by atoms with Gasteiger partial charge in [0.15, 0.2) is 11.7 Å². The third kappa shape index (κ3) is 5.52. The highest BCUT2D eigenvalue weighted by Gasteiger charge is 2.36. The molecule has 0 spiro atoms. The van der Waals surface area contributed by atoms with Crippen LogP contribution in [0.3, 0.4) is 0 Å². The summed E-state index contributed by atoms with van der Waals surface area (Å²) in [6.07, 6.45) is 1.84. The molecule has 29 heavy (non-hydrogen) atoms. The van der Waals surface area contributed by atoms with Crippen LogP contribution in [0.1, 0.15) is 56.5 Å². The summed E-state index contributed by atoms with van der Waals surface area (Å²) in [5, 5.41) is 11.7. The van der Waals surface area contributed by atoms with Crippen LogP contribution < -0.4 is 10.6 Å². The molecule has 6 nitrogen and oxygen atoms in total. The van der Waals surface area contributed by atoms with Crippen LogP contribution in [0, 0.1) is 0 Å². The molecule has 7 heteroatoms. The Bertz CT molecular complexity index is 813. The molecule has 0 amide bonds. The molecule has 1 aromatic heterocycles. The molecule has 1 aliphatic heterocycles. The minimum absolute atomic E-state index is 0.0795. The zero-order chi connectivity index (χ0) is 20.7. The fraction of sp³-hybridized carbons (Fsp3) is 0.545. The average molecular weight is 419 g/mol. The summed E-state index contributed by atoms with van der Waals surface area (Å²) in [5.74, 6) is 1.86. The first-order chi connectivity index (χ1) is 14.0. The highest BCUT2D eigenvalue weighted by atomic mass is 35.5. The van der Waals surface area contributed by atoms with Gasteiger partial charge in [-0.3, -0.25) is 0 Å². The van der Waals surface area contributed by atoms with E-state index in [1.807, 2.05) is 24.3 Å². The Kier molecular flexibility index (Phi) is 7.56. The monoisotopic (exact) mass is 418 g/mol. The lowest BCUT2D eigenvalue weighted by atomic mass is 9.74. The van der Waals surface area contributed by atoms with Gasteiger partial charge in [-0.2, -0.15) is 0 Å². The van der Waals surface area contributed by atoms with Gasteiger partial charge in [0.2, 0.25) is 0 Å². The highest BCUT2D eigenvalue weighted by Crippen LogP contribution is 2.38. The molecule has 0 atom stereocenters. The molecule has 158 valence electrons. The van der Waals surface area contributed by atoms with Crippen molar-refractivity contribution in [2.24, 2.45) is 4.99 Å². The van der Waals surface area contributed by atoms with E-state index in [-0.39, 0.29) is 5.41 Å². The number of aliphatic imine (C=N–C) groups is 1. The zero-order valence-electron chi connectivity index (χ0n) is 17.5. The van der Waals surface area contributed by atoms with Gasteiger partial charge in [-0.05, 0) is 37.3 Å². The van der Waals surface area contributed by atoms with Gasteiger partial charge in [0, 0.05) is 42.8 Å². The Hall–Kier alpha value is -2.05. The van der Waals surface area contributed by atoms with Crippen molar-refractivity contribution in [3.05, 3.63) is 52.4 Å². The summed E-state index contributed by atoms with van der Waals surface area (Å²) in [4.78, 5) is 4.68. The van der Waals surface area contributed by atoms with E-state index in [9.17, 15) is 0 Å². The van der Waals surface area contributed by atoms with Crippen LogP contribution >= 0.6 is 11.6 Å². The second-order valence-corrected chi connectivity index (χ2v) is 8.20. The number of ether oxygens (including phenoxy) is 1. The summed E-state index contributed by atoms with van der Waals surface area (Å²) >= 11 is 6.56. The van der Waals surface area contributed by atoms with Gasteiger partial charge >= 0.3 is 0 Å². The van der Waals surface area contributed by atoms with Crippen molar-refractivity contribution in [2.75, 3.05) is 26.3 Å². The van der Waals surface area contributed by atoms with Gasteiger partial charge in [-0.25, -0.2) is 4.99 Å². The number of hydrogen-bond acceptors (Lipinski definition) is 4. The van der Waals surface area contributed by atoms with E-state index in [2.05, 4.69) is 47.6 Å². The first kappa shape index (κ1) is 21.7. The average Bonchev–Trinajstić information content (AvgIpc) is 3.20. The maximum absolute atomic E-state index is 6.56. The summed E-state index contributed by atoms with van der Waals surface area (Å²) in [6, 6.07) is 10.1. The van der Waals surface area contributed by atoms with Crippen LogP contribution in [0.2, 0.25) is 5.02 Å². The van der Waals surface area contributed by atoms with Crippen LogP contribution in [-0.2, 0) is 16.7 Å². The molecule has 1 saturated heterocycles. The van der Waals surface area contributed by atoms with E-state index in [1.165, 1.54) is 5.56 Å². The van der Waals surface area contributed by atoms with E-state index in [1.54, 1.807) is 0 Å². The van der Waals surface area contributed by atoms with Gasteiger partial charge in [0.05, 0.1) is 5.69 Å². The smallest absolute Gasteiger partial charge is 0.191 e. The molecular formula is C22H31ClN4O2. The SMILES string of the molecule is CCNC(=NCc1cc(C(C)C)no1)NCC1(c2ccccc2Cl)CCOCC1. The highest BCUT2D eigenvalue weighted by molar-refractivity contribution is 6.31. The lowest BCUT2D eigenvalue weighted by Gasteiger charge is -2.38. The Morgan fingerprint density at radius 2 is 2.00 bits per heavy atom. The summed E-state index contributed by atoms with van der Waals surface area (Å²) in [5.41, 5.74) is 2.04. The van der Waals surface area contributed by atoms with Crippen molar-refractivity contribution in [2.45, 2.75) is 51.5 Å². The molecule has 1 aromatic carbocycles. The number of hydrogen-bond donors (Lipinski definition) is 2. The van der Waals surface area contributed by atoms with Gasteiger partial charge in [0.1, 0.15) is 6.54 Å². The lowest BCUT2D eigenvalue weighted by Crippen LogP contribution is -2.48. The number of nitrogens with one attached hydrogen (secondary N) is 2. The molecule has 2 heterocycles. The second kappa shape index (κ2) is 10.1. The molecule has 1 fully saturated rings. The molecule has 0 saturated carbocycles. The molecular weight excluding hydrogens is 388 g/mol. The van der Waals surface area contributed by atoms with Crippen LogP contribution in [0.15, 0.2) is 39.8 Å². The fourth-order valence-electron chi connectivity index (χ4n) is 3.62. The van der Waals surface area contributed by atoms with Crippen molar-refractivity contribution in [3.63, 3.8) is 0 Å². The minimum Gasteiger partial charge on any atom is -0.381 e. The van der Waals surface area contributed by atoms with Crippen molar-refractivity contribution in [3.8, 4) is 0 Å². The van der Waals surface area contributed by atoms with Crippen molar-refractivity contribution in [1.29, 1.82) is 0 Å². The summed E-state index contributed by atoms with van der Waals surface area (Å²) < 4.78 is 11.0. The Morgan fingerprint density at radius 3 is 2.66 bits per heavy atom. The first-order valence-corrected chi connectivity index (χ1v) is 10.7.